The fraction of sp³-hybridized carbons (Fsp3) is 0.286. The van der Waals surface area contributed by atoms with Gasteiger partial charge >= 0.3 is 6.36 Å². The van der Waals surface area contributed by atoms with Crippen molar-refractivity contribution in [2.24, 2.45) is 0 Å². The Kier molecular flexibility index (Phi) is 6.19. The average molecular weight is 435 g/mol. The first-order valence-corrected chi connectivity index (χ1v) is 9.37. The molecule has 7 nitrogen and oxygen atoms in total. The van der Waals surface area contributed by atoms with Gasteiger partial charge in [-0.1, -0.05) is 12.1 Å². The predicted octanol–water partition coefficient (Wildman–Crippen LogP) is 3.42. The summed E-state index contributed by atoms with van der Waals surface area (Å²) in [6.07, 6.45) is -4.73. The molecule has 0 aromatic heterocycles. The molecule has 0 aliphatic carbocycles. The Hall–Kier alpha value is -3.56. The van der Waals surface area contributed by atoms with Gasteiger partial charge in [0.1, 0.15) is 12.3 Å². The van der Waals surface area contributed by atoms with Gasteiger partial charge in [-0.3, -0.25) is 14.4 Å². The smallest absolute Gasteiger partial charge is 0.406 e. The number of fused-ring (bicyclic) bond motifs is 1. The topological polar surface area (TPSA) is 79.0 Å². The van der Waals surface area contributed by atoms with Crippen molar-refractivity contribution in [1.29, 1.82) is 0 Å². The number of hydrogen-bond acceptors (Lipinski definition) is 4. The minimum Gasteiger partial charge on any atom is -0.406 e. The molecule has 2 aromatic rings. The third kappa shape index (κ3) is 5.33. The van der Waals surface area contributed by atoms with Crippen molar-refractivity contribution >= 4 is 29.1 Å². The number of nitrogens with one attached hydrogen (secondary N) is 1. The van der Waals surface area contributed by atoms with E-state index in [1.165, 1.54) is 24.1 Å². The van der Waals surface area contributed by atoms with E-state index in [9.17, 15) is 27.6 Å². The average Bonchev–Trinajstić information content (AvgIpc) is 2.80. The third-order valence-corrected chi connectivity index (χ3v) is 4.68. The summed E-state index contributed by atoms with van der Waals surface area (Å²) >= 11 is 0. The fourth-order valence-corrected chi connectivity index (χ4v) is 3.34. The van der Waals surface area contributed by atoms with E-state index in [2.05, 4.69) is 10.1 Å². The maximum absolute atomic E-state index is 13.0. The second-order valence-corrected chi connectivity index (χ2v) is 7.12. The minimum absolute atomic E-state index is 0.0960. The van der Waals surface area contributed by atoms with Crippen LogP contribution < -0.4 is 15.0 Å². The molecule has 0 fully saturated rings. The zero-order valence-electron chi connectivity index (χ0n) is 16.8. The molecule has 0 saturated carbocycles. The van der Waals surface area contributed by atoms with E-state index in [0.717, 1.165) is 17.0 Å². The molecule has 1 aliphatic heterocycles. The molecule has 31 heavy (non-hydrogen) atoms. The molecular weight excluding hydrogens is 415 g/mol. The number of ether oxygens (including phenoxy) is 1. The first-order valence-electron chi connectivity index (χ1n) is 9.37. The lowest BCUT2D eigenvalue weighted by Gasteiger charge is -2.29. The van der Waals surface area contributed by atoms with Gasteiger partial charge in [0.25, 0.3) is 5.91 Å². The molecule has 2 aromatic carbocycles. The van der Waals surface area contributed by atoms with E-state index in [0.29, 0.717) is 11.4 Å². The van der Waals surface area contributed by atoms with E-state index < -0.39 is 30.0 Å². The molecule has 10 heteroatoms. The zero-order chi connectivity index (χ0) is 22.8. The molecule has 0 bridgehead atoms. The number of carbonyl (C=O) groups excluding carboxylic acids is 3. The highest BCUT2D eigenvalue weighted by atomic mass is 19.4. The number of nitrogens with zero attached hydrogens (tertiary/aromatic N) is 2. The Morgan fingerprint density at radius 3 is 2.45 bits per heavy atom. The number of anilines is 2. The van der Waals surface area contributed by atoms with Gasteiger partial charge in [-0.05, 0) is 43.3 Å². The monoisotopic (exact) mass is 435 g/mol. The van der Waals surface area contributed by atoms with Crippen LogP contribution in [-0.4, -0.2) is 48.6 Å². The molecule has 0 radical (unpaired) electrons. The lowest BCUT2D eigenvalue weighted by molar-refractivity contribution is -0.274. The van der Waals surface area contributed by atoms with Crippen LogP contribution in [0.15, 0.2) is 48.5 Å². The summed E-state index contributed by atoms with van der Waals surface area (Å²) in [4.78, 5) is 40.4. The summed E-state index contributed by atoms with van der Waals surface area (Å²) in [5.41, 5.74) is 1.13. The summed E-state index contributed by atoms with van der Waals surface area (Å²) in [5.74, 6) is -1.61. The van der Waals surface area contributed by atoms with E-state index in [1.807, 2.05) is 0 Å². The minimum atomic E-state index is -4.83. The third-order valence-electron chi connectivity index (χ3n) is 4.68. The van der Waals surface area contributed by atoms with Crippen molar-refractivity contribution in [3.05, 3.63) is 54.1 Å². The van der Waals surface area contributed by atoms with Gasteiger partial charge in [0, 0.05) is 25.1 Å². The normalized spacial score (nSPS) is 16.1. The Labute approximate surface area is 176 Å². The van der Waals surface area contributed by atoms with Crippen LogP contribution in [0.4, 0.5) is 24.5 Å². The molecular formula is C21H20F3N3O4. The number of amides is 3. The van der Waals surface area contributed by atoms with Crippen LogP contribution in [0.5, 0.6) is 5.75 Å². The summed E-state index contributed by atoms with van der Waals surface area (Å²) in [5, 5.41) is 2.76. The van der Waals surface area contributed by atoms with Crippen molar-refractivity contribution in [2.75, 3.05) is 23.8 Å². The van der Waals surface area contributed by atoms with Gasteiger partial charge in [-0.25, -0.2) is 0 Å². The van der Waals surface area contributed by atoms with Gasteiger partial charge in [-0.2, -0.15) is 0 Å². The highest BCUT2D eigenvalue weighted by Gasteiger charge is 2.32. The first kappa shape index (κ1) is 22.1. The van der Waals surface area contributed by atoms with Gasteiger partial charge < -0.3 is 19.9 Å². The van der Waals surface area contributed by atoms with Gasteiger partial charge in [-0.15, -0.1) is 13.2 Å². The Morgan fingerprint density at radius 2 is 1.81 bits per heavy atom. The number of hydrogen-bond donors (Lipinski definition) is 1. The van der Waals surface area contributed by atoms with Crippen LogP contribution in [-0.2, 0) is 9.59 Å². The van der Waals surface area contributed by atoms with Gasteiger partial charge in [0.2, 0.25) is 11.8 Å². The lowest BCUT2D eigenvalue weighted by atomic mass is 10.1. The number of likely N-dealkylation sites (N-methyl/N-ethyl adjacent to an activating group) is 1. The predicted molar refractivity (Wildman–Crippen MR) is 107 cm³/mol. The van der Waals surface area contributed by atoms with Crippen LogP contribution in [0.25, 0.3) is 0 Å². The molecule has 3 rings (SSSR count). The first-order chi connectivity index (χ1) is 14.5. The SMILES string of the molecule is C[C@@H]1CC(=O)Nc2ccccc2N1C(=O)CN(C)C(=O)c1ccc(OC(F)(F)F)cc1. The van der Waals surface area contributed by atoms with Crippen LogP contribution in [0.3, 0.4) is 0 Å². The summed E-state index contributed by atoms with van der Waals surface area (Å²) < 4.78 is 40.6. The molecule has 0 unspecified atom stereocenters. The Bertz CT molecular complexity index is 992. The van der Waals surface area contributed by atoms with E-state index >= 15 is 0 Å². The van der Waals surface area contributed by atoms with Crippen LogP contribution >= 0.6 is 0 Å². The lowest BCUT2D eigenvalue weighted by Crippen LogP contribution is -2.45. The second-order valence-electron chi connectivity index (χ2n) is 7.12. The number of benzene rings is 2. The fourth-order valence-electron chi connectivity index (χ4n) is 3.34. The highest BCUT2D eigenvalue weighted by molar-refractivity contribution is 6.06. The van der Waals surface area contributed by atoms with Crippen LogP contribution in [0.2, 0.25) is 0 Å². The molecule has 164 valence electrons. The van der Waals surface area contributed by atoms with Crippen molar-refractivity contribution in [3.8, 4) is 5.75 Å². The molecule has 1 aliphatic rings. The zero-order valence-corrected chi connectivity index (χ0v) is 16.8. The number of alkyl halides is 3. The highest BCUT2D eigenvalue weighted by Crippen LogP contribution is 2.31. The second kappa shape index (κ2) is 8.66. The van der Waals surface area contributed by atoms with Crippen LogP contribution in [0, 0.1) is 0 Å². The van der Waals surface area contributed by atoms with Crippen molar-refractivity contribution in [3.63, 3.8) is 0 Å². The Morgan fingerprint density at radius 1 is 1.16 bits per heavy atom. The summed E-state index contributed by atoms with van der Waals surface area (Å²) in [6.45, 7) is 1.45. The number of halogens is 3. The maximum Gasteiger partial charge on any atom is 0.573 e. The van der Waals surface area contributed by atoms with E-state index in [4.69, 9.17) is 0 Å². The molecule has 0 saturated heterocycles. The standard InChI is InChI=1S/C21H20F3N3O4/c1-13-11-18(28)25-16-5-3-4-6-17(16)27(13)19(29)12-26(2)20(30)14-7-9-15(10-8-14)31-21(22,23)24/h3-10,13H,11-12H2,1-2H3,(H,25,28)/t13-/m1/s1. The largest absolute Gasteiger partial charge is 0.573 e. The number of para-hydroxylation sites is 2. The van der Waals surface area contributed by atoms with Gasteiger partial charge in [0.05, 0.1) is 11.4 Å². The van der Waals surface area contributed by atoms with Gasteiger partial charge in [0.15, 0.2) is 0 Å². The van der Waals surface area contributed by atoms with Crippen molar-refractivity contribution in [1.82, 2.24) is 4.90 Å². The number of carbonyl (C=O) groups is 3. The number of rotatable bonds is 4. The maximum atomic E-state index is 13.0. The van der Waals surface area contributed by atoms with Crippen LogP contribution in [0.1, 0.15) is 23.7 Å². The van der Waals surface area contributed by atoms with Crippen molar-refractivity contribution < 1.29 is 32.3 Å². The quantitative estimate of drug-likeness (QED) is 0.798. The molecule has 1 N–H and O–H groups in total. The molecule has 3 amide bonds. The molecule has 1 atom stereocenters. The Balaban J connectivity index is 1.74. The van der Waals surface area contributed by atoms with E-state index in [-0.39, 0.29) is 24.4 Å². The molecule has 0 spiro atoms. The van der Waals surface area contributed by atoms with Crippen molar-refractivity contribution in [2.45, 2.75) is 25.7 Å². The summed E-state index contributed by atoms with van der Waals surface area (Å²) in [7, 11) is 1.41. The van der Waals surface area contributed by atoms with E-state index in [1.54, 1.807) is 31.2 Å². The summed E-state index contributed by atoms with van der Waals surface area (Å²) in [6, 6.07) is 10.9. The molecule has 1 heterocycles.